The molecule has 25 heavy (non-hydrogen) atoms. The summed E-state index contributed by atoms with van der Waals surface area (Å²) in [7, 11) is 0. The fourth-order valence-corrected chi connectivity index (χ4v) is 3.50. The maximum absolute atomic E-state index is 12.0. The Bertz CT molecular complexity index is 784. The number of benzene rings is 1. The van der Waals surface area contributed by atoms with Gasteiger partial charge in [-0.05, 0) is 42.6 Å². The molecule has 0 spiro atoms. The van der Waals surface area contributed by atoms with Crippen molar-refractivity contribution in [3.8, 4) is 6.07 Å². The number of rotatable bonds is 7. The average Bonchev–Trinajstić information content (AvgIpc) is 3.03. The van der Waals surface area contributed by atoms with Crippen LogP contribution in [0.1, 0.15) is 18.9 Å². The maximum Gasteiger partial charge on any atom is 0.307 e. The number of amides is 1. The van der Waals surface area contributed by atoms with E-state index in [1.54, 1.807) is 23.6 Å². The number of thioether (sulfide) groups is 1. The summed E-state index contributed by atoms with van der Waals surface area (Å²) >= 11 is 8.57. The number of nitrogens with one attached hydrogen (secondary N) is 1. The third kappa shape index (κ3) is 6.09. The topological polar surface area (TPSA) is 79.2 Å². The number of nitriles is 1. The van der Waals surface area contributed by atoms with Gasteiger partial charge in [0.25, 0.3) is 5.91 Å². The number of hydrogen-bond acceptors (Lipinski definition) is 6. The molecule has 1 unspecified atom stereocenters. The Hall–Kier alpha value is -2.01. The van der Waals surface area contributed by atoms with E-state index in [9.17, 15) is 9.59 Å². The first-order chi connectivity index (χ1) is 12.0. The van der Waals surface area contributed by atoms with Crippen molar-refractivity contribution in [2.24, 2.45) is 0 Å². The highest BCUT2D eigenvalue weighted by molar-refractivity contribution is 7.99. The van der Waals surface area contributed by atoms with E-state index < -0.39 is 18.0 Å². The van der Waals surface area contributed by atoms with Crippen LogP contribution in [0.4, 0.5) is 5.00 Å². The zero-order valence-corrected chi connectivity index (χ0v) is 15.7. The van der Waals surface area contributed by atoms with Gasteiger partial charge in [0.15, 0.2) is 6.10 Å². The minimum Gasteiger partial charge on any atom is -0.453 e. The van der Waals surface area contributed by atoms with Gasteiger partial charge in [-0.2, -0.15) is 5.26 Å². The zero-order valence-electron chi connectivity index (χ0n) is 13.3. The highest BCUT2D eigenvalue weighted by Gasteiger charge is 2.19. The fraction of sp³-hybridized carbons (Fsp3) is 0.235. The van der Waals surface area contributed by atoms with E-state index in [4.69, 9.17) is 21.6 Å². The number of hydrogen-bond donors (Lipinski definition) is 1. The van der Waals surface area contributed by atoms with Gasteiger partial charge in [0.05, 0.1) is 12.0 Å². The average molecular weight is 395 g/mol. The van der Waals surface area contributed by atoms with Gasteiger partial charge < -0.3 is 10.1 Å². The summed E-state index contributed by atoms with van der Waals surface area (Å²) in [6, 6.07) is 10.9. The summed E-state index contributed by atoms with van der Waals surface area (Å²) in [4.78, 5) is 24.9. The van der Waals surface area contributed by atoms with Gasteiger partial charge in [0, 0.05) is 15.7 Å². The van der Waals surface area contributed by atoms with E-state index in [0.717, 1.165) is 4.90 Å². The highest BCUT2D eigenvalue weighted by Crippen LogP contribution is 2.23. The van der Waals surface area contributed by atoms with Crippen LogP contribution in [0.2, 0.25) is 5.02 Å². The molecule has 1 heterocycles. The number of esters is 1. The van der Waals surface area contributed by atoms with E-state index >= 15 is 0 Å². The van der Waals surface area contributed by atoms with Crippen LogP contribution < -0.4 is 5.32 Å². The van der Waals surface area contributed by atoms with E-state index in [1.807, 2.05) is 18.2 Å². The monoisotopic (exact) mass is 394 g/mol. The molecule has 0 aliphatic rings. The van der Waals surface area contributed by atoms with E-state index in [0.29, 0.717) is 21.3 Å². The molecular weight excluding hydrogens is 380 g/mol. The van der Waals surface area contributed by atoms with Crippen molar-refractivity contribution in [2.75, 3.05) is 11.1 Å². The minimum absolute atomic E-state index is 0.188. The molecule has 8 heteroatoms. The van der Waals surface area contributed by atoms with E-state index in [2.05, 4.69) is 5.32 Å². The standard InChI is InChI=1S/C17H15ClN2O3S2/c1-11(16(22)20-17-12(10-19)6-8-25-17)23-15(21)7-9-24-14-4-2-13(18)3-5-14/h2-6,8,11H,7,9H2,1H3,(H,20,22). The van der Waals surface area contributed by atoms with Crippen molar-refractivity contribution < 1.29 is 14.3 Å². The molecule has 1 aromatic carbocycles. The zero-order chi connectivity index (χ0) is 18.2. The second-order valence-electron chi connectivity index (χ2n) is 4.95. The number of nitrogens with zero attached hydrogens (tertiary/aromatic N) is 1. The molecule has 1 N–H and O–H groups in total. The van der Waals surface area contributed by atoms with E-state index in [1.165, 1.54) is 30.0 Å². The van der Waals surface area contributed by atoms with Crippen LogP contribution in [0.15, 0.2) is 40.6 Å². The molecule has 1 atom stereocenters. The molecule has 1 aromatic heterocycles. The summed E-state index contributed by atoms with van der Waals surface area (Å²) in [5.74, 6) is -0.369. The second kappa shape index (κ2) is 9.47. The van der Waals surface area contributed by atoms with Gasteiger partial charge >= 0.3 is 5.97 Å². The Kier molecular flexibility index (Phi) is 7.31. The van der Waals surface area contributed by atoms with Gasteiger partial charge in [-0.1, -0.05) is 11.6 Å². The van der Waals surface area contributed by atoms with Crippen molar-refractivity contribution in [3.05, 3.63) is 46.3 Å². The number of carbonyl (C=O) groups is 2. The van der Waals surface area contributed by atoms with Gasteiger partial charge in [-0.15, -0.1) is 23.1 Å². The first-order valence-corrected chi connectivity index (χ1v) is 9.60. The van der Waals surface area contributed by atoms with Crippen LogP contribution in [0.5, 0.6) is 0 Å². The number of ether oxygens (including phenoxy) is 1. The Labute approximate surface area is 158 Å². The lowest BCUT2D eigenvalue weighted by atomic mass is 10.3. The lowest BCUT2D eigenvalue weighted by Gasteiger charge is -2.13. The number of halogens is 1. The van der Waals surface area contributed by atoms with E-state index in [-0.39, 0.29) is 6.42 Å². The fourth-order valence-electron chi connectivity index (χ4n) is 1.80. The summed E-state index contributed by atoms with van der Waals surface area (Å²) in [6.45, 7) is 1.50. The van der Waals surface area contributed by atoms with Gasteiger partial charge in [0.1, 0.15) is 11.1 Å². The molecule has 2 rings (SSSR count). The van der Waals surface area contributed by atoms with Crippen molar-refractivity contribution in [1.29, 1.82) is 5.26 Å². The molecule has 0 radical (unpaired) electrons. The SMILES string of the molecule is CC(OC(=O)CCSc1ccc(Cl)cc1)C(=O)Nc1sccc1C#N. The number of anilines is 1. The lowest BCUT2D eigenvalue weighted by Crippen LogP contribution is -2.30. The van der Waals surface area contributed by atoms with Gasteiger partial charge in [-0.25, -0.2) is 0 Å². The summed E-state index contributed by atoms with van der Waals surface area (Å²) in [6.07, 6.45) is -0.741. The van der Waals surface area contributed by atoms with Crippen molar-refractivity contribution in [3.63, 3.8) is 0 Å². The summed E-state index contributed by atoms with van der Waals surface area (Å²) < 4.78 is 5.13. The van der Waals surface area contributed by atoms with Crippen LogP contribution in [0, 0.1) is 11.3 Å². The quantitative estimate of drug-likeness (QED) is 0.558. The molecular formula is C17H15ClN2O3S2. The molecule has 0 saturated heterocycles. The summed E-state index contributed by atoms with van der Waals surface area (Å²) in [5.41, 5.74) is 0.385. The predicted molar refractivity (Wildman–Crippen MR) is 100 cm³/mol. The third-order valence-electron chi connectivity index (χ3n) is 3.09. The van der Waals surface area contributed by atoms with Crippen LogP contribution in [0.25, 0.3) is 0 Å². The Morgan fingerprint density at radius 3 is 2.76 bits per heavy atom. The molecule has 130 valence electrons. The van der Waals surface area contributed by atoms with Crippen molar-refractivity contribution in [1.82, 2.24) is 0 Å². The van der Waals surface area contributed by atoms with Crippen LogP contribution in [0.3, 0.4) is 0 Å². The minimum atomic E-state index is -0.929. The Balaban J connectivity index is 1.74. The highest BCUT2D eigenvalue weighted by atomic mass is 35.5. The molecule has 0 aliphatic carbocycles. The Morgan fingerprint density at radius 1 is 1.36 bits per heavy atom. The molecule has 0 bridgehead atoms. The molecule has 2 aromatic rings. The number of thiophene rings is 1. The van der Waals surface area contributed by atoms with Crippen LogP contribution in [-0.4, -0.2) is 23.7 Å². The normalized spacial score (nSPS) is 11.4. The molecule has 5 nitrogen and oxygen atoms in total. The molecule has 1 amide bonds. The van der Waals surface area contributed by atoms with Gasteiger partial charge in [0.2, 0.25) is 0 Å². The third-order valence-corrected chi connectivity index (χ3v) is 5.18. The molecule has 0 saturated carbocycles. The molecule has 0 aliphatic heterocycles. The largest absolute Gasteiger partial charge is 0.453 e. The second-order valence-corrected chi connectivity index (χ2v) is 7.47. The summed E-state index contributed by atoms with van der Waals surface area (Å²) in [5, 5.41) is 14.3. The van der Waals surface area contributed by atoms with Gasteiger partial charge in [-0.3, -0.25) is 9.59 Å². The lowest BCUT2D eigenvalue weighted by molar-refractivity contribution is -0.152. The van der Waals surface area contributed by atoms with Crippen molar-refractivity contribution in [2.45, 2.75) is 24.3 Å². The van der Waals surface area contributed by atoms with Crippen molar-refractivity contribution >= 4 is 51.6 Å². The number of carbonyl (C=O) groups excluding carboxylic acids is 2. The molecule has 0 fully saturated rings. The predicted octanol–water partition coefficient (Wildman–Crippen LogP) is 4.33. The van der Waals surface area contributed by atoms with Crippen LogP contribution in [-0.2, 0) is 14.3 Å². The smallest absolute Gasteiger partial charge is 0.307 e. The maximum atomic E-state index is 12.0. The Morgan fingerprint density at radius 2 is 2.08 bits per heavy atom. The first kappa shape index (κ1) is 19.3. The first-order valence-electron chi connectivity index (χ1n) is 7.36. The van der Waals surface area contributed by atoms with Crippen LogP contribution >= 0.6 is 34.7 Å².